The molecule has 0 unspecified atom stereocenters. The van der Waals surface area contributed by atoms with Crippen LogP contribution in [0.1, 0.15) is 0 Å². The van der Waals surface area contributed by atoms with Crippen LogP contribution in [0.4, 0.5) is 0 Å². The third-order valence-electron chi connectivity index (χ3n) is 1.36. The van der Waals surface area contributed by atoms with Gasteiger partial charge in [-0.2, -0.15) is 0 Å². The summed E-state index contributed by atoms with van der Waals surface area (Å²) in [4.78, 5) is 32.3. The highest BCUT2D eigenvalue weighted by Crippen LogP contribution is 2.19. The van der Waals surface area contributed by atoms with Crippen molar-refractivity contribution in [3.8, 4) is 0 Å². The van der Waals surface area contributed by atoms with Gasteiger partial charge in [-0.25, -0.2) is 4.79 Å². The van der Waals surface area contributed by atoms with Crippen LogP contribution in [-0.2, 0) is 14.4 Å². The Morgan fingerprint density at radius 1 is 1.43 bits per heavy atom. The van der Waals surface area contributed by atoms with Gasteiger partial charge < -0.3 is 5.11 Å². The summed E-state index contributed by atoms with van der Waals surface area (Å²) in [6.45, 7) is 0. The van der Waals surface area contributed by atoms with Crippen molar-refractivity contribution in [3.05, 3.63) is 23.1 Å². The Hall–Kier alpha value is -1.56. The van der Waals surface area contributed by atoms with Crippen LogP contribution in [0.5, 0.6) is 0 Å². The Morgan fingerprint density at radius 2 is 2.14 bits per heavy atom. The fourth-order valence-corrected chi connectivity index (χ4v) is 1.50. The predicted molar refractivity (Wildman–Crippen MR) is 50.5 cm³/mol. The Morgan fingerprint density at radius 3 is 2.64 bits per heavy atom. The second-order valence-corrected chi connectivity index (χ2v) is 3.42. The number of carbonyl (C=O) groups is 3. The molecule has 0 spiro atoms. The zero-order chi connectivity index (χ0) is 10.6. The van der Waals surface area contributed by atoms with E-state index in [-0.39, 0.29) is 0 Å². The molecule has 0 aromatic rings. The van der Waals surface area contributed by atoms with E-state index in [9.17, 15) is 14.4 Å². The predicted octanol–water partition coefficient (Wildman–Crippen LogP) is -0.0993. The zero-order valence-electron chi connectivity index (χ0n) is 7.02. The van der Waals surface area contributed by atoms with E-state index in [0.29, 0.717) is 10.7 Å². The summed E-state index contributed by atoms with van der Waals surface area (Å²) in [6, 6.07) is 0. The molecule has 0 aromatic carbocycles. The van der Waals surface area contributed by atoms with Gasteiger partial charge in [0.2, 0.25) is 0 Å². The molecule has 2 N–H and O–H groups in total. The van der Waals surface area contributed by atoms with Gasteiger partial charge in [-0.1, -0.05) is 12.2 Å². The van der Waals surface area contributed by atoms with E-state index in [4.69, 9.17) is 5.11 Å². The van der Waals surface area contributed by atoms with Crippen molar-refractivity contribution in [2.45, 2.75) is 0 Å². The smallest absolute Gasteiger partial charge is 0.394 e. The summed E-state index contributed by atoms with van der Waals surface area (Å²) in [6.07, 6.45) is 5.05. The summed E-state index contributed by atoms with van der Waals surface area (Å²) in [5.41, 5.74) is 0. The first-order chi connectivity index (χ1) is 6.61. The van der Waals surface area contributed by atoms with Crippen LogP contribution in [0.2, 0.25) is 0 Å². The molecule has 0 bridgehead atoms. The van der Waals surface area contributed by atoms with Crippen molar-refractivity contribution < 1.29 is 19.5 Å². The molecule has 0 aromatic heterocycles. The van der Waals surface area contributed by atoms with Crippen molar-refractivity contribution in [1.82, 2.24) is 5.32 Å². The van der Waals surface area contributed by atoms with Crippen LogP contribution >= 0.6 is 11.8 Å². The average Bonchev–Trinajstić information content (AvgIpc) is 2.19. The lowest BCUT2D eigenvalue weighted by molar-refractivity contribution is -0.151. The maximum absolute atomic E-state index is 11.2. The molecule has 0 fully saturated rings. The number of hydrogen-bond acceptors (Lipinski definition) is 4. The normalized spacial score (nSPS) is 14.4. The maximum atomic E-state index is 11.2. The molecule has 0 aliphatic carbocycles. The summed E-state index contributed by atoms with van der Waals surface area (Å²) in [5, 5.41) is 9.97. The summed E-state index contributed by atoms with van der Waals surface area (Å²) < 4.78 is 0. The number of hydrogen-bond donors (Lipinski definition) is 2. The van der Waals surface area contributed by atoms with Gasteiger partial charge >= 0.3 is 11.9 Å². The van der Waals surface area contributed by atoms with Gasteiger partial charge in [-0.15, -0.1) is 11.8 Å². The van der Waals surface area contributed by atoms with Crippen LogP contribution in [0.25, 0.3) is 0 Å². The van der Waals surface area contributed by atoms with Gasteiger partial charge in [0.05, 0.1) is 4.91 Å². The van der Waals surface area contributed by atoms with Crippen LogP contribution in [0.3, 0.4) is 0 Å². The van der Waals surface area contributed by atoms with Crippen LogP contribution in [-0.4, -0.2) is 28.6 Å². The fourth-order valence-electron chi connectivity index (χ4n) is 0.756. The Bertz CT molecular complexity index is 345. The first-order valence-electron chi connectivity index (χ1n) is 3.69. The number of allylic oxidation sites excluding steroid dienone is 2. The maximum Gasteiger partial charge on any atom is 0.394 e. The molecule has 1 heterocycles. The average molecular weight is 213 g/mol. The highest BCUT2D eigenvalue weighted by molar-refractivity contribution is 8.04. The molecule has 5 nitrogen and oxygen atoms in total. The zero-order valence-corrected chi connectivity index (χ0v) is 7.84. The van der Waals surface area contributed by atoms with Crippen molar-refractivity contribution in [3.63, 3.8) is 0 Å². The van der Waals surface area contributed by atoms with Crippen molar-refractivity contribution in [1.29, 1.82) is 0 Å². The van der Waals surface area contributed by atoms with Gasteiger partial charge in [0.25, 0.3) is 5.91 Å². The molecule has 0 atom stereocenters. The van der Waals surface area contributed by atoms with Crippen LogP contribution in [0.15, 0.2) is 23.1 Å². The second kappa shape index (κ2) is 4.61. The number of nitrogens with one attached hydrogen (secondary N) is 1. The van der Waals surface area contributed by atoms with Crippen LogP contribution < -0.4 is 5.32 Å². The molecule has 1 aliphatic heterocycles. The summed E-state index contributed by atoms with van der Waals surface area (Å²) in [7, 11) is 0. The number of imide groups is 1. The van der Waals surface area contributed by atoms with Gasteiger partial charge in [-0.05, 0) is 6.08 Å². The molecule has 6 heteroatoms. The lowest BCUT2D eigenvalue weighted by atomic mass is 10.4. The van der Waals surface area contributed by atoms with E-state index in [1.54, 1.807) is 11.4 Å². The highest BCUT2D eigenvalue weighted by Gasteiger charge is 2.18. The summed E-state index contributed by atoms with van der Waals surface area (Å²) in [5.74, 6) is -3.02. The number of carbonyl (C=O) groups excluding carboxylic acids is 2. The number of aliphatic carboxylic acids is 1. The number of carboxylic acids is 1. The first-order valence-corrected chi connectivity index (χ1v) is 4.68. The van der Waals surface area contributed by atoms with E-state index in [0.717, 1.165) is 0 Å². The lowest BCUT2D eigenvalue weighted by Gasteiger charge is -2.06. The van der Waals surface area contributed by atoms with E-state index in [1.807, 2.05) is 6.08 Å². The number of rotatable bonds is 1. The molecule has 0 saturated carbocycles. The van der Waals surface area contributed by atoms with E-state index in [1.165, 1.54) is 17.8 Å². The minimum atomic E-state index is -1.67. The minimum Gasteiger partial charge on any atom is -0.474 e. The van der Waals surface area contributed by atoms with Crippen molar-refractivity contribution in [2.75, 3.05) is 5.75 Å². The third-order valence-corrected chi connectivity index (χ3v) is 2.36. The van der Waals surface area contributed by atoms with E-state index < -0.39 is 17.8 Å². The monoisotopic (exact) mass is 213 g/mol. The molecular weight excluding hydrogens is 206 g/mol. The topological polar surface area (TPSA) is 83.5 Å². The highest BCUT2D eigenvalue weighted by atomic mass is 32.2. The molecule has 1 aliphatic rings. The lowest BCUT2D eigenvalue weighted by Crippen LogP contribution is -2.36. The number of thioether (sulfide) groups is 1. The van der Waals surface area contributed by atoms with E-state index >= 15 is 0 Å². The van der Waals surface area contributed by atoms with Gasteiger partial charge in [-0.3, -0.25) is 14.9 Å². The van der Waals surface area contributed by atoms with Crippen LogP contribution in [0, 0.1) is 0 Å². The van der Waals surface area contributed by atoms with Crippen molar-refractivity contribution >= 4 is 29.5 Å². The fraction of sp³-hybridized carbons (Fsp3) is 0.125. The van der Waals surface area contributed by atoms with Crippen molar-refractivity contribution in [2.24, 2.45) is 0 Å². The minimum absolute atomic E-state index is 0.335. The summed E-state index contributed by atoms with van der Waals surface area (Å²) >= 11 is 1.24. The molecule has 0 radical (unpaired) electrons. The van der Waals surface area contributed by atoms with Gasteiger partial charge in [0.15, 0.2) is 0 Å². The molecule has 14 heavy (non-hydrogen) atoms. The third kappa shape index (κ3) is 2.74. The molecule has 1 rings (SSSR count). The molecular formula is C8H7NO4S. The largest absolute Gasteiger partial charge is 0.474 e. The second-order valence-electron chi connectivity index (χ2n) is 2.36. The van der Waals surface area contributed by atoms with Gasteiger partial charge in [0, 0.05) is 5.75 Å². The van der Waals surface area contributed by atoms with E-state index in [2.05, 4.69) is 0 Å². The molecule has 0 saturated heterocycles. The standard InChI is InChI=1S/C8H7NO4S/c10-6(9-7(11)8(12)13)5-3-1-2-4-14-5/h1-3H,4H2,(H,12,13)(H,9,10,11). The first kappa shape index (κ1) is 10.5. The number of amides is 2. The Labute approximate surface area is 83.9 Å². The Kier molecular flexibility index (Phi) is 3.47. The SMILES string of the molecule is O=C(O)C(=O)NC(=O)C1=CC=CCS1. The van der Waals surface area contributed by atoms with Gasteiger partial charge in [0.1, 0.15) is 0 Å². The Balaban J connectivity index is 2.58. The quantitative estimate of drug-likeness (QED) is 0.594. The number of carboxylic acid groups (broad SMARTS) is 1. The molecule has 74 valence electrons. The molecule has 2 amide bonds.